The molecule has 0 unspecified atom stereocenters. The topological polar surface area (TPSA) is 84.2 Å². The summed E-state index contributed by atoms with van der Waals surface area (Å²) in [5.41, 5.74) is 4.89. The summed E-state index contributed by atoms with van der Waals surface area (Å²) >= 11 is 5.91. The number of hydrogen-bond donors (Lipinski definition) is 0. The van der Waals surface area contributed by atoms with E-state index in [0.717, 1.165) is 28.3 Å². The summed E-state index contributed by atoms with van der Waals surface area (Å²) in [5.74, 6) is 0.502. The molecular weight excluding hydrogens is 440 g/mol. The fraction of sp³-hybridized carbons (Fsp3) is 0.375. The molecule has 3 heterocycles. The molecule has 2 aromatic heterocycles. The molecule has 1 aliphatic rings. The summed E-state index contributed by atoms with van der Waals surface area (Å²) in [5, 5.41) is 5.19. The highest BCUT2D eigenvalue weighted by Crippen LogP contribution is 2.19. The van der Waals surface area contributed by atoms with Gasteiger partial charge in [0.05, 0.1) is 12.1 Å². The Labute approximate surface area is 198 Å². The molecule has 33 heavy (non-hydrogen) atoms. The van der Waals surface area contributed by atoms with Crippen LogP contribution >= 0.6 is 11.6 Å². The number of carbonyl (C=O) groups excluding carboxylic acids is 2. The van der Waals surface area contributed by atoms with Crippen molar-refractivity contribution in [3.63, 3.8) is 0 Å². The quantitative estimate of drug-likeness (QED) is 0.590. The highest BCUT2D eigenvalue weighted by Gasteiger charge is 2.26. The molecule has 4 rings (SSSR count). The molecule has 9 heteroatoms. The van der Waals surface area contributed by atoms with E-state index in [9.17, 15) is 9.59 Å². The number of piperazine rings is 1. The number of amides is 2. The summed E-state index contributed by atoms with van der Waals surface area (Å²) in [6.45, 7) is 9.69. The van der Waals surface area contributed by atoms with Crippen LogP contribution in [0, 0.1) is 27.7 Å². The van der Waals surface area contributed by atoms with Crippen LogP contribution in [0.15, 0.2) is 30.3 Å². The number of aryl methyl sites for hydroxylation is 3. The molecule has 0 bridgehead atoms. The zero-order valence-electron chi connectivity index (χ0n) is 19.3. The molecule has 1 aromatic carbocycles. The van der Waals surface area contributed by atoms with Gasteiger partial charge in [-0.1, -0.05) is 11.6 Å². The van der Waals surface area contributed by atoms with Crippen molar-refractivity contribution in [3.8, 4) is 5.95 Å². The second-order valence-corrected chi connectivity index (χ2v) is 8.80. The van der Waals surface area contributed by atoms with Gasteiger partial charge in [-0.05, 0) is 58.0 Å². The van der Waals surface area contributed by atoms with E-state index in [1.165, 1.54) is 0 Å². The van der Waals surface area contributed by atoms with Crippen LogP contribution in [0.4, 0.5) is 0 Å². The van der Waals surface area contributed by atoms with Crippen LogP contribution in [0.5, 0.6) is 0 Å². The van der Waals surface area contributed by atoms with Gasteiger partial charge in [0.15, 0.2) is 0 Å². The second-order valence-electron chi connectivity index (χ2n) is 8.37. The molecule has 8 nitrogen and oxygen atoms in total. The number of nitrogens with zero attached hydrogens (tertiary/aromatic N) is 6. The lowest BCUT2D eigenvalue weighted by molar-refractivity contribution is -0.131. The molecule has 2 amide bonds. The first-order valence-electron chi connectivity index (χ1n) is 10.9. The summed E-state index contributed by atoms with van der Waals surface area (Å²) in [6.07, 6.45) is 0.258. The number of rotatable bonds is 4. The minimum absolute atomic E-state index is 0.0284. The first-order valence-corrected chi connectivity index (χ1v) is 11.3. The molecule has 1 aliphatic heterocycles. The molecular formula is C24H27ClN6O2. The van der Waals surface area contributed by atoms with Crippen molar-refractivity contribution in [2.45, 2.75) is 34.1 Å². The van der Waals surface area contributed by atoms with Crippen molar-refractivity contribution in [1.82, 2.24) is 29.5 Å². The summed E-state index contributed by atoms with van der Waals surface area (Å²) in [7, 11) is 0. The Morgan fingerprint density at radius 1 is 0.909 bits per heavy atom. The Hall–Kier alpha value is -3.26. The lowest BCUT2D eigenvalue weighted by atomic mass is 10.1. The molecule has 3 aromatic rings. The van der Waals surface area contributed by atoms with Gasteiger partial charge in [0.25, 0.3) is 11.9 Å². The van der Waals surface area contributed by atoms with E-state index >= 15 is 0 Å². The normalized spacial score (nSPS) is 14.0. The lowest BCUT2D eigenvalue weighted by Crippen LogP contribution is -2.51. The molecule has 0 N–H and O–H groups in total. The first kappa shape index (κ1) is 22.9. The Bertz CT molecular complexity index is 1180. The van der Waals surface area contributed by atoms with Crippen LogP contribution in [-0.4, -0.2) is 67.5 Å². The summed E-state index contributed by atoms with van der Waals surface area (Å²) < 4.78 is 1.71. The maximum atomic E-state index is 13.0. The minimum atomic E-state index is -0.0415. The zero-order chi connectivity index (χ0) is 23.7. The van der Waals surface area contributed by atoms with Crippen molar-refractivity contribution >= 4 is 23.4 Å². The van der Waals surface area contributed by atoms with Crippen LogP contribution in [0.1, 0.15) is 38.7 Å². The Balaban J connectivity index is 1.42. The maximum absolute atomic E-state index is 13.0. The smallest absolute Gasteiger partial charge is 0.253 e. The fourth-order valence-corrected chi connectivity index (χ4v) is 4.25. The number of aromatic nitrogens is 4. The van der Waals surface area contributed by atoms with Crippen molar-refractivity contribution in [2.75, 3.05) is 26.2 Å². The standard InChI is InChI=1S/C24H27ClN6O2/c1-15-13-16(2)27-24(26-15)31-18(4)21(17(3)28-31)14-22(32)29-9-11-30(12-10-29)23(33)19-5-7-20(25)8-6-19/h5-8,13H,9-12,14H2,1-4H3. The Morgan fingerprint density at radius 3 is 2.09 bits per heavy atom. The number of benzene rings is 1. The van der Waals surface area contributed by atoms with Crippen LogP contribution in [0.3, 0.4) is 0 Å². The van der Waals surface area contributed by atoms with Crippen LogP contribution in [0.2, 0.25) is 5.02 Å². The van der Waals surface area contributed by atoms with E-state index in [1.807, 2.05) is 38.7 Å². The molecule has 0 aliphatic carbocycles. The van der Waals surface area contributed by atoms with Crippen molar-refractivity contribution in [2.24, 2.45) is 0 Å². The van der Waals surface area contributed by atoms with Crippen LogP contribution in [0.25, 0.3) is 5.95 Å². The average molecular weight is 467 g/mol. The first-order chi connectivity index (χ1) is 15.7. The number of hydrogen-bond acceptors (Lipinski definition) is 5. The van der Waals surface area contributed by atoms with Gasteiger partial charge in [0, 0.05) is 59.4 Å². The third-order valence-electron chi connectivity index (χ3n) is 5.94. The van der Waals surface area contributed by atoms with Gasteiger partial charge in [-0.2, -0.15) is 5.10 Å². The van der Waals surface area contributed by atoms with Gasteiger partial charge in [-0.15, -0.1) is 0 Å². The fourth-order valence-electron chi connectivity index (χ4n) is 4.12. The molecule has 0 atom stereocenters. The minimum Gasteiger partial charge on any atom is -0.339 e. The molecule has 1 fully saturated rings. The van der Waals surface area contributed by atoms with E-state index in [4.69, 9.17) is 11.6 Å². The van der Waals surface area contributed by atoms with E-state index < -0.39 is 0 Å². The third kappa shape index (κ3) is 4.90. The van der Waals surface area contributed by atoms with Crippen molar-refractivity contribution in [3.05, 3.63) is 69.3 Å². The van der Waals surface area contributed by atoms with E-state index in [0.29, 0.717) is 42.7 Å². The molecule has 0 radical (unpaired) electrons. The molecule has 0 saturated carbocycles. The third-order valence-corrected chi connectivity index (χ3v) is 6.19. The van der Waals surface area contributed by atoms with Gasteiger partial charge in [-0.25, -0.2) is 14.6 Å². The zero-order valence-corrected chi connectivity index (χ0v) is 20.1. The Morgan fingerprint density at radius 2 is 1.48 bits per heavy atom. The highest BCUT2D eigenvalue weighted by atomic mass is 35.5. The van der Waals surface area contributed by atoms with Gasteiger partial charge in [-0.3, -0.25) is 9.59 Å². The SMILES string of the molecule is Cc1cc(C)nc(-n2nc(C)c(CC(=O)N3CCN(C(=O)c4ccc(Cl)cc4)CC3)c2C)n1. The van der Waals surface area contributed by atoms with Crippen molar-refractivity contribution in [1.29, 1.82) is 0 Å². The predicted octanol–water partition coefficient (Wildman–Crippen LogP) is 3.08. The average Bonchev–Trinajstić information content (AvgIpc) is 3.07. The van der Waals surface area contributed by atoms with Crippen LogP contribution < -0.4 is 0 Å². The molecule has 0 spiro atoms. The number of carbonyl (C=O) groups is 2. The van der Waals surface area contributed by atoms with E-state index in [-0.39, 0.29) is 18.2 Å². The summed E-state index contributed by atoms with van der Waals surface area (Å²) in [4.78, 5) is 38.3. The highest BCUT2D eigenvalue weighted by molar-refractivity contribution is 6.30. The lowest BCUT2D eigenvalue weighted by Gasteiger charge is -2.35. The van der Waals surface area contributed by atoms with Gasteiger partial charge in [0.2, 0.25) is 5.91 Å². The second kappa shape index (κ2) is 9.31. The predicted molar refractivity (Wildman–Crippen MR) is 126 cm³/mol. The van der Waals surface area contributed by atoms with Gasteiger partial charge < -0.3 is 9.80 Å². The van der Waals surface area contributed by atoms with Crippen LogP contribution in [-0.2, 0) is 11.2 Å². The van der Waals surface area contributed by atoms with E-state index in [1.54, 1.807) is 33.8 Å². The van der Waals surface area contributed by atoms with E-state index in [2.05, 4.69) is 15.1 Å². The largest absolute Gasteiger partial charge is 0.339 e. The monoisotopic (exact) mass is 466 g/mol. The molecule has 172 valence electrons. The van der Waals surface area contributed by atoms with Gasteiger partial charge >= 0.3 is 0 Å². The summed E-state index contributed by atoms with van der Waals surface area (Å²) in [6, 6.07) is 8.79. The number of halogens is 1. The Kier molecular flexibility index (Phi) is 6.47. The molecule has 1 saturated heterocycles. The van der Waals surface area contributed by atoms with Crippen molar-refractivity contribution < 1.29 is 9.59 Å². The maximum Gasteiger partial charge on any atom is 0.253 e. The van der Waals surface area contributed by atoms with Gasteiger partial charge in [0.1, 0.15) is 0 Å².